The van der Waals surface area contributed by atoms with E-state index in [1.54, 1.807) is 0 Å². The zero-order chi connectivity index (χ0) is 12.2. The normalized spacial score (nSPS) is 21.4. The van der Waals surface area contributed by atoms with Crippen molar-refractivity contribution in [2.75, 3.05) is 26.6 Å². The molecule has 18 heavy (non-hydrogen) atoms. The van der Waals surface area contributed by atoms with Gasteiger partial charge in [0.2, 0.25) is 6.79 Å². The highest BCUT2D eigenvalue weighted by Crippen LogP contribution is 2.32. The molecule has 2 aliphatic heterocycles. The second-order valence-electron chi connectivity index (χ2n) is 4.88. The summed E-state index contributed by atoms with van der Waals surface area (Å²) in [4.78, 5) is 0. The van der Waals surface area contributed by atoms with Gasteiger partial charge in [0.1, 0.15) is 0 Å². The van der Waals surface area contributed by atoms with Crippen LogP contribution in [0.2, 0.25) is 0 Å². The first-order chi connectivity index (χ1) is 8.92. The maximum absolute atomic E-state index is 5.36. The third kappa shape index (κ3) is 2.76. The van der Waals surface area contributed by atoms with E-state index < -0.39 is 0 Å². The Kier molecular flexibility index (Phi) is 3.67. The Morgan fingerprint density at radius 2 is 2.17 bits per heavy atom. The van der Waals surface area contributed by atoms with Gasteiger partial charge in [-0.3, -0.25) is 0 Å². The van der Waals surface area contributed by atoms with Crippen molar-refractivity contribution in [1.29, 1.82) is 0 Å². The van der Waals surface area contributed by atoms with Crippen LogP contribution >= 0.6 is 0 Å². The van der Waals surface area contributed by atoms with Crippen LogP contribution in [0.5, 0.6) is 11.5 Å². The maximum Gasteiger partial charge on any atom is 0.231 e. The lowest BCUT2D eigenvalue weighted by Gasteiger charge is -2.09. The molecule has 1 fully saturated rings. The second kappa shape index (κ2) is 5.59. The Bertz CT molecular complexity index is 402. The number of ether oxygens (including phenoxy) is 3. The molecule has 0 aliphatic carbocycles. The summed E-state index contributed by atoms with van der Waals surface area (Å²) in [5.74, 6) is 2.45. The van der Waals surface area contributed by atoms with Crippen LogP contribution in [-0.4, -0.2) is 26.6 Å². The van der Waals surface area contributed by atoms with E-state index in [-0.39, 0.29) is 0 Å². The molecule has 0 spiro atoms. The molecule has 1 aromatic carbocycles. The van der Waals surface area contributed by atoms with Gasteiger partial charge < -0.3 is 19.5 Å². The number of rotatable bonds is 5. The monoisotopic (exact) mass is 249 g/mol. The molecular formula is C14H19NO3. The van der Waals surface area contributed by atoms with Gasteiger partial charge in [-0.25, -0.2) is 0 Å². The number of hydrogen-bond acceptors (Lipinski definition) is 4. The zero-order valence-corrected chi connectivity index (χ0v) is 10.5. The highest BCUT2D eigenvalue weighted by atomic mass is 16.7. The Morgan fingerprint density at radius 1 is 1.22 bits per heavy atom. The fraction of sp³-hybridized carbons (Fsp3) is 0.571. The molecule has 2 aliphatic rings. The fourth-order valence-corrected chi connectivity index (χ4v) is 2.40. The minimum Gasteiger partial charge on any atom is -0.454 e. The third-order valence-corrected chi connectivity index (χ3v) is 3.52. The summed E-state index contributed by atoms with van der Waals surface area (Å²) in [7, 11) is 0. The van der Waals surface area contributed by atoms with Crippen LogP contribution < -0.4 is 14.8 Å². The maximum atomic E-state index is 5.36. The number of nitrogens with one attached hydrogen (secondary N) is 1. The molecule has 2 heterocycles. The summed E-state index contributed by atoms with van der Waals surface area (Å²) < 4.78 is 16.0. The standard InChI is InChI=1S/C14H19NO3/c1-2-13-14(18-10-17-13)7-12(1)8-15-5-3-11-4-6-16-9-11/h1-2,7,11,15H,3-6,8-10H2. The minimum atomic E-state index is 0.341. The summed E-state index contributed by atoms with van der Waals surface area (Å²) in [5.41, 5.74) is 1.24. The van der Waals surface area contributed by atoms with E-state index in [4.69, 9.17) is 14.2 Å². The predicted octanol–water partition coefficient (Wildman–Crippen LogP) is 1.93. The number of benzene rings is 1. The van der Waals surface area contributed by atoms with Crippen molar-refractivity contribution in [1.82, 2.24) is 5.32 Å². The Balaban J connectivity index is 1.42. The molecule has 1 N–H and O–H groups in total. The van der Waals surface area contributed by atoms with Crippen LogP contribution in [0.3, 0.4) is 0 Å². The average molecular weight is 249 g/mol. The van der Waals surface area contributed by atoms with Gasteiger partial charge in [-0.05, 0) is 43.0 Å². The van der Waals surface area contributed by atoms with Crippen LogP contribution in [0.15, 0.2) is 18.2 Å². The number of hydrogen-bond donors (Lipinski definition) is 1. The molecule has 0 radical (unpaired) electrons. The van der Waals surface area contributed by atoms with E-state index in [0.717, 1.165) is 43.7 Å². The largest absolute Gasteiger partial charge is 0.454 e. The third-order valence-electron chi connectivity index (χ3n) is 3.52. The molecule has 0 amide bonds. The van der Waals surface area contributed by atoms with E-state index >= 15 is 0 Å². The molecule has 98 valence electrons. The molecule has 1 atom stereocenters. The first kappa shape index (κ1) is 11.8. The van der Waals surface area contributed by atoms with Gasteiger partial charge >= 0.3 is 0 Å². The first-order valence-corrected chi connectivity index (χ1v) is 6.59. The molecule has 3 rings (SSSR count). The van der Waals surface area contributed by atoms with Crippen molar-refractivity contribution >= 4 is 0 Å². The highest BCUT2D eigenvalue weighted by Gasteiger charge is 2.15. The van der Waals surface area contributed by atoms with E-state index in [1.165, 1.54) is 18.4 Å². The first-order valence-electron chi connectivity index (χ1n) is 6.59. The summed E-state index contributed by atoms with van der Waals surface area (Å²) in [6.07, 6.45) is 2.41. The lowest BCUT2D eigenvalue weighted by atomic mass is 10.1. The molecular weight excluding hydrogens is 230 g/mol. The van der Waals surface area contributed by atoms with Crippen LogP contribution in [0.25, 0.3) is 0 Å². The molecule has 1 saturated heterocycles. The van der Waals surface area contributed by atoms with Crippen molar-refractivity contribution in [3.05, 3.63) is 23.8 Å². The topological polar surface area (TPSA) is 39.7 Å². The van der Waals surface area contributed by atoms with E-state index in [1.807, 2.05) is 12.1 Å². The van der Waals surface area contributed by atoms with Gasteiger partial charge in [-0.2, -0.15) is 0 Å². The van der Waals surface area contributed by atoms with Crippen molar-refractivity contribution in [2.24, 2.45) is 5.92 Å². The van der Waals surface area contributed by atoms with Gasteiger partial charge in [-0.15, -0.1) is 0 Å². The van der Waals surface area contributed by atoms with Crippen LogP contribution in [-0.2, 0) is 11.3 Å². The average Bonchev–Trinajstić information content (AvgIpc) is 3.05. The number of fused-ring (bicyclic) bond motifs is 1. The van der Waals surface area contributed by atoms with Crippen molar-refractivity contribution in [3.63, 3.8) is 0 Å². The van der Waals surface area contributed by atoms with Crippen LogP contribution in [0, 0.1) is 5.92 Å². The van der Waals surface area contributed by atoms with Crippen molar-refractivity contribution in [2.45, 2.75) is 19.4 Å². The molecule has 4 nitrogen and oxygen atoms in total. The van der Waals surface area contributed by atoms with Crippen molar-refractivity contribution < 1.29 is 14.2 Å². The highest BCUT2D eigenvalue weighted by molar-refractivity contribution is 5.44. The minimum absolute atomic E-state index is 0.341. The molecule has 0 saturated carbocycles. The lowest BCUT2D eigenvalue weighted by Crippen LogP contribution is -2.17. The lowest BCUT2D eigenvalue weighted by molar-refractivity contribution is 0.174. The molecule has 1 unspecified atom stereocenters. The van der Waals surface area contributed by atoms with Gasteiger partial charge in [0.05, 0.1) is 0 Å². The second-order valence-corrected chi connectivity index (χ2v) is 4.88. The van der Waals surface area contributed by atoms with Crippen LogP contribution in [0.1, 0.15) is 18.4 Å². The van der Waals surface area contributed by atoms with E-state index in [9.17, 15) is 0 Å². The van der Waals surface area contributed by atoms with Crippen molar-refractivity contribution in [3.8, 4) is 11.5 Å². The van der Waals surface area contributed by atoms with E-state index in [0.29, 0.717) is 6.79 Å². The van der Waals surface area contributed by atoms with Crippen LogP contribution in [0.4, 0.5) is 0 Å². The van der Waals surface area contributed by atoms with Gasteiger partial charge in [0.25, 0.3) is 0 Å². The van der Waals surface area contributed by atoms with E-state index in [2.05, 4.69) is 11.4 Å². The Hall–Kier alpha value is -1.26. The molecule has 0 bridgehead atoms. The molecule has 0 aromatic heterocycles. The fourth-order valence-electron chi connectivity index (χ4n) is 2.40. The zero-order valence-electron chi connectivity index (χ0n) is 10.5. The molecule has 4 heteroatoms. The SMILES string of the molecule is c1cc2c(cc1CNCCC1CCOC1)OCO2. The van der Waals surface area contributed by atoms with Gasteiger partial charge in [0, 0.05) is 19.8 Å². The Labute approximate surface area is 107 Å². The summed E-state index contributed by atoms with van der Waals surface area (Å²) in [5, 5.41) is 3.47. The smallest absolute Gasteiger partial charge is 0.231 e. The van der Waals surface area contributed by atoms with Gasteiger partial charge in [-0.1, -0.05) is 6.07 Å². The quantitative estimate of drug-likeness (QED) is 0.809. The summed E-state index contributed by atoms with van der Waals surface area (Å²) >= 11 is 0. The van der Waals surface area contributed by atoms with Gasteiger partial charge in [0.15, 0.2) is 11.5 Å². The Morgan fingerprint density at radius 3 is 3.06 bits per heavy atom. The molecule has 1 aromatic rings. The summed E-state index contributed by atoms with van der Waals surface area (Å²) in [6, 6.07) is 6.11. The summed E-state index contributed by atoms with van der Waals surface area (Å²) in [6.45, 7) is 4.14. The predicted molar refractivity (Wildman–Crippen MR) is 67.8 cm³/mol.